The van der Waals surface area contributed by atoms with Crippen LogP contribution in [-0.2, 0) is 0 Å². The Morgan fingerprint density at radius 2 is 1.83 bits per heavy atom. The zero-order valence-corrected chi connectivity index (χ0v) is 11.6. The van der Waals surface area contributed by atoms with Crippen LogP contribution in [0, 0.1) is 0 Å². The number of fused-ring (bicyclic) bond motifs is 1. The van der Waals surface area contributed by atoms with Gasteiger partial charge in [0.25, 0.3) is 0 Å². The van der Waals surface area contributed by atoms with E-state index in [1.165, 1.54) is 5.56 Å². The van der Waals surface area contributed by atoms with Gasteiger partial charge in [-0.2, -0.15) is 0 Å². The van der Waals surface area contributed by atoms with Gasteiger partial charge >= 0.3 is 0 Å². The normalized spacial score (nSPS) is 21.7. The Labute approximate surface area is 115 Å². The van der Waals surface area contributed by atoms with Crippen molar-refractivity contribution in [1.82, 2.24) is 0 Å². The Hall–Kier alpha value is -1.48. The second-order valence-electron chi connectivity index (χ2n) is 4.50. The molecule has 1 N–H and O–H groups in total. The zero-order chi connectivity index (χ0) is 12.5. The summed E-state index contributed by atoms with van der Waals surface area (Å²) in [4.78, 5) is 0. The summed E-state index contributed by atoms with van der Waals surface area (Å²) >= 11 is 3.54. The molecule has 0 spiro atoms. The largest absolute Gasteiger partial charge is 0.480 e. The number of rotatable bonds is 1. The van der Waals surface area contributed by atoms with E-state index in [-0.39, 0.29) is 12.1 Å². The van der Waals surface area contributed by atoms with Crippen LogP contribution in [0.1, 0.15) is 18.6 Å². The standard InChI is InChI=1S/C15H14BrNO/c1-10-14(11-6-3-2-4-7-11)18-15-12(16)8-5-9-13(15)17-10/h2-10,14,17H,1H3. The van der Waals surface area contributed by atoms with E-state index < -0.39 is 0 Å². The van der Waals surface area contributed by atoms with E-state index in [0.717, 1.165) is 15.9 Å². The van der Waals surface area contributed by atoms with Crippen molar-refractivity contribution in [3.05, 3.63) is 58.6 Å². The average molecular weight is 304 g/mol. The average Bonchev–Trinajstić information content (AvgIpc) is 2.39. The van der Waals surface area contributed by atoms with Crippen molar-refractivity contribution in [3.63, 3.8) is 0 Å². The Morgan fingerprint density at radius 3 is 2.61 bits per heavy atom. The van der Waals surface area contributed by atoms with Crippen LogP contribution < -0.4 is 10.1 Å². The molecule has 1 aliphatic heterocycles. The fourth-order valence-corrected chi connectivity index (χ4v) is 2.75. The highest BCUT2D eigenvalue weighted by atomic mass is 79.9. The number of anilines is 1. The van der Waals surface area contributed by atoms with Gasteiger partial charge in [0.05, 0.1) is 16.2 Å². The molecule has 0 saturated heterocycles. The number of hydrogen-bond acceptors (Lipinski definition) is 2. The zero-order valence-electron chi connectivity index (χ0n) is 10.1. The SMILES string of the molecule is CC1Nc2cccc(Br)c2OC1c1ccccc1. The molecular weight excluding hydrogens is 290 g/mol. The van der Waals surface area contributed by atoms with Gasteiger partial charge in [0, 0.05) is 0 Å². The number of hydrogen-bond donors (Lipinski definition) is 1. The smallest absolute Gasteiger partial charge is 0.157 e. The lowest BCUT2D eigenvalue weighted by molar-refractivity contribution is 0.176. The second kappa shape index (κ2) is 4.65. The van der Waals surface area contributed by atoms with Crippen LogP contribution in [0.3, 0.4) is 0 Å². The molecule has 2 aromatic carbocycles. The van der Waals surface area contributed by atoms with E-state index in [2.05, 4.69) is 40.3 Å². The lowest BCUT2D eigenvalue weighted by Gasteiger charge is -2.33. The number of benzene rings is 2. The first-order valence-corrected chi connectivity index (χ1v) is 6.81. The Bertz CT molecular complexity index is 556. The first-order valence-electron chi connectivity index (χ1n) is 6.02. The third-order valence-electron chi connectivity index (χ3n) is 3.18. The number of para-hydroxylation sites is 1. The molecule has 92 valence electrons. The number of ether oxygens (including phenoxy) is 1. The van der Waals surface area contributed by atoms with Crippen molar-refractivity contribution >= 4 is 21.6 Å². The first kappa shape index (κ1) is 11.6. The molecule has 0 aliphatic carbocycles. The fourth-order valence-electron chi connectivity index (χ4n) is 2.29. The molecule has 2 aromatic rings. The van der Waals surface area contributed by atoms with Gasteiger partial charge in [-0.25, -0.2) is 0 Å². The summed E-state index contributed by atoms with van der Waals surface area (Å²) in [5.74, 6) is 0.893. The molecule has 0 aromatic heterocycles. The predicted molar refractivity (Wildman–Crippen MR) is 77.0 cm³/mol. The fraction of sp³-hybridized carbons (Fsp3) is 0.200. The van der Waals surface area contributed by atoms with Gasteiger partial charge in [-0.15, -0.1) is 0 Å². The quantitative estimate of drug-likeness (QED) is 0.844. The van der Waals surface area contributed by atoms with Gasteiger partial charge in [0.15, 0.2) is 5.75 Å². The van der Waals surface area contributed by atoms with Gasteiger partial charge < -0.3 is 10.1 Å². The topological polar surface area (TPSA) is 21.3 Å². The molecule has 3 heteroatoms. The predicted octanol–water partition coefficient (Wildman–Crippen LogP) is 4.38. The molecule has 2 atom stereocenters. The molecule has 0 bridgehead atoms. The summed E-state index contributed by atoms with van der Waals surface area (Å²) in [6, 6.07) is 16.6. The Kier molecular flexibility index (Phi) is 3.00. The minimum Gasteiger partial charge on any atom is -0.480 e. The number of nitrogens with one attached hydrogen (secondary N) is 1. The van der Waals surface area contributed by atoms with E-state index in [0.29, 0.717) is 0 Å². The van der Waals surface area contributed by atoms with E-state index >= 15 is 0 Å². The first-order chi connectivity index (χ1) is 8.75. The van der Waals surface area contributed by atoms with Crippen LogP contribution in [0.2, 0.25) is 0 Å². The van der Waals surface area contributed by atoms with Crippen molar-refractivity contribution in [2.24, 2.45) is 0 Å². The van der Waals surface area contributed by atoms with Gasteiger partial charge in [0.2, 0.25) is 0 Å². The van der Waals surface area contributed by atoms with Crippen molar-refractivity contribution in [1.29, 1.82) is 0 Å². The molecule has 0 saturated carbocycles. The Balaban J connectivity index is 1.99. The lowest BCUT2D eigenvalue weighted by atomic mass is 10.0. The van der Waals surface area contributed by atoms with Crippen LogP contribution in [-0.4, -0.2) is 6.04 Å². The summed E-state index contributed by atoms with van der Waals surface area (Å²) in [6.45, 7) is 2.14. The molecular formula is C15H14BrNO. The molecule has 0 radical (unpaired) electrons. The summed E-state index contributed by atoms with van der Waals surface area (Å²) in [5.41, 5.74) is 2.24. The molecule has 1 aliphatic rings. The number of halogens is 1. The van der Waals surface area contributed by atoms with Crippen molar-refractivity contribution in [3.8, 4) is 5.75 Å². The molecule has 0 fully saturated rings. The van der Waals surface area contributed by atoms with E-state index in [9.17, 15) is 0 Å². The van der Waals surface area contributed by atoms with Gasteiger partial charge in [-0.05, 0) is 40.5 Å². The minimum atomic E-state index is 0.0393. The highest BCUT2D eigenvalue weighted by Gasteiger charge is 2.28. The molecule has 0 amide bonds. The molecule has 3 rings (SSSR count). The summed E-state index contributed by atoms with van der Waals surface area (Å²) in [6.07, 6.45) is 0.0393. The minimum absolute atomic E-state index is 0.0393. The molecule has 2 nitrogen and oxygen atoms in total. The Morgan fingerprint density at radius 1 is 1.06 bits per heavy atom. The molecule has 2 unspecified atom stereocenters. The molecule has 18 heavy (non-hydrogen) atoms. The van der Waals surface area contributed by atoms with Crippen LogP contribution in [0.15, 0.2) is 53.0 Å². The van der Waals surface area contributed by atoms with Crippen LogP contribution >= 0.6 is 15.9 Å². The van der Waals surface area contributed by atoms with Crippen LogP contribution in [0.5, 0.6) is 5.75 Å². The molecule has 1 heterocycles. The highest BCUT2D eigenvalue weighted by Crippen LogP contribution is 2.41. The third kappa shape index (κ3) is 1.99. The van der Waals surface area contributed by atoms with Crippen molar-refractivity contribution in [2.45, 2.75) is 19.1 Å². The lowest BCUT2D eigenvalue weighted by Crippen LogP contribution is -2.32. The third-order valence-corrected chi connectivity index (χ3v) is 3.80. The van der Waals surface area contributed by atoms with E-state index in [4.69, 9.17) is 4.74 Å². The monoisotopic (exact) mass is 303 g/mol. The van der Waals surface area contributed by atoms with Crippen LogP contribution in [0.25, 0.3) is 0 Å². The maximum Gasteiger partial charge on any atom is 0.157 e. The van der Waals surface area contributed by atoms with Gasteiger partial charge in [-0.1, -0.05) is 36.4 Å². The maximum atomic E-state index is 6.15. The highest BCUT2D eigenvalue weighted by molar-refractivity contribution is 9.10. The van der Waals surface area contributed by atoms with E-state index in [1.807, 2.05) is 36.4 Å². The summed E-state index contributed by atoms with van der Waals surface area (Å²) < 4.78 is 7.14. The summed E-state index contributed by atoms with van der Waals surface area (Å²) in [5, 5.41) is 3.49. The van der Waals surface area contributed by atoms with Crippen LogP contribution in [0.4, 0.5) is 5.69 Å². The van der Waals surface area contributed by atoms with E-state index in [1.54, 1.807) is 0 Å². The van der Waals surface area contributed by atoms with Gasteiger partial charge in [-0.3, -0.25) is 0 Å². The van der Waals surface area contributed by atoms with Crippen molar-refractivity contribution in [2.75, 3.05) is 5.32 Å². The maximum absolute atomic E-state index is 6.15. The summed E-state index contributed by atoms with van der Waals surface area (Å²) in [7, 11) is 0. The van der Waals surface area contributed by atoms with Crippen molar-refractivity contribution < 1.29 is 4.74 Å². The second-order valence-corrected chi connectivity index (χ2v) is 5.35. The van der Waals surface area contributed by atoms with Gasteiger partial charge in [0.1, 0.15) is 6.10 Å².